The van der Waals surface area contributed by atoms with Crippen LogP contribution in [0.4, 0.5) is 0 Å². The summed E-state index contributed by atoms with van der Waals surface area (Å²) in [7, 11) is 1.97. The van der Waals surface area contributed by atoms with E-state index in [9.17, 15) is 0 Å². The molecular formula is C12H14N4OS. The van der Waals surface area contributed by atoms with Gasteiger partial charge < -0.3 is 9.84 Å². The van der Waals surface area contributed by atoms with Crippen LogP contribution in [0.2, 0.25) is 0 Å². The first-order valence-electron chi connectivity index (χ1n) is 5.88. The first-order chi connectivity index (χ1) is 8.88. The molecule has 1 fully saturated rings. The molecule has 6 heteroatoms. The lowest BCUT2D eigenvalue weighted by Crippen LogP contribution is -2.31. The number of likely N-dealkylation sites (N-methyl/N-ethyl adjacent to an activating group) is 1. The van der Waals surface area contributed by atoms with E-state index in [1.807, 2.05) is 37.0 Å². The molecule has 0 bridgehead atoms. The molecule has 2 aromatic rings. The summed E-state index contributed by atoms with van der Waals surface area (Å²) in [5.74, 6) is 3.68. The van der Waals surface area contributed by atoms with Gasteiger partial charge in [0.1, 0.15) is 5.69 Å². The zero-order chi connectivity index (χ0) is 12.4. The van der Waals surface area contributed by atoms with Crippen molar-refractivity contribution in [3.63, 3.8) is 0 Å². The SMILES string of the molecule is CNC1CSCC1c1nc(-c2ccccn2)no1. The van der Waals surface area contributed by atoms with Crippen LogP contribution in [0, 0.1) is 0 Å². The normalized spacial score (nSPS) is 23.4. The van der Waals surface area contributed by atoms with Crippen LogP contribution < -0.4 is 5.32 Å². The fourth-order valence-corrected chi connectivity index (χ4v) is 3.48. The fraction of sp³-hybridized carbons (Fsp3) is 0.417. The summed E-state index contributed by atoms with van der Waals surface area (Å²) >= 11 is 1.91. The van der Waals surface area contributed by atoms with E-state index in [1.54, 1.807) is 6.20 Å². The standard InChI is InChI=1S/C12H14N4OS/c1-13-10-7-18-6-8(10)12-15-11(16-17-12)9-4-2-3-5-14-9/h2-5,8,10,13H,6-7H2,1H3. The Hall–Kier alpha value is -1.40. The number of nitrogens with zero attached hydrogens (tertiary/aromatic N) is 3. The average molecular weight is 262 g/mol. The minimum absolute atomic E-state index is 0.296. The van der Waals surface area contributed by atoms with Crippen molar-refractivity contribution < 1.29 is 4.52 Å². The molecule has 94 valence electrons. The Balaban J connectivity index is 1.86. The molecule has 3 rings (SSSR count). The van der Waals surface area contributed by atoms with Gasteiger partial charge in [-0.25, -0.2) is 0 Å². The van der Waals surface area contributed by atoms with Crippen molar-refractivity contribution in [1.29, 1.82) is 0 Å². The van der Waals surface area contributed by atoms with Crippen molar-refractivity contribution in [3.8, 4) is 11.5 Å². The van der Waals surface area contributed by atoms with Crippen molar-refractivity contribution >= 4 is 11.8 Å². The van der Waals surface area contributed by atoms with Gasteiger partial charge in [-0.2, -0.15) is 16.7 Å². The predicted molar refractivity (Wildman–Crippen MR) is 70.4 cm³/mol. The third kappa shape index (κ3) is 2.13. The van der Waals surface area contributed by atoms with E-state index in [-0.39, 0.29) is 0 Å². The van der Waals surface area contributed by atoms with Crippen molar-refractivity contribution in [3.05, 3.63) is 30.3 Å². The molecule has 3 heterocycles. The molecule has 0 spiro atoms. The molecule has 2 aromatic heterocycles. The first-order valence-corrected chi connectivity index (χ1v) is 7.04. The van der Waals surface area contributed by atoms with Gasteiger partial charge in [0, 0.05) is 23.7 Å². The summed E-state index contributed by atoms with van der Waals surface area (Å²) in [6.07, 6.45) is 1.73. The zero-order valence-electron chi connectivity index (χ0n) is 10.0. The minimum Gasteiger partial charge on any atom is -0.339 e. The first kappa shape index (κ1) is 11.7. The highest BCUT2D eigenvalue weighted by Gasteiger charge is 2.32. The van der Waals surface area contributed by atoms with E-state index in [4.69, 9.17) is 4.52 Å². The van der Waals surface area contributed by atoms with Crippen LogP contribution in [-0.4, -0.2) is 39.7 Å². The number of hydrogen-bond donors (Lipinski definition) is 1. The molecule has 2 unspecified atom stereocenters. The summed E-state index contributed by atoms with van der Waals surface area (Å²) in [5.41, 5.74) is 0.749. The minimum atomic E-state index is 0.296. The Bertz CT molecular complexity index is 516. The van der Waals surface area contributed by atoms with E-state index in [0.717, 1.165) is 17.2 Å². The maximum atomic E-state index is 5.38. The van der Waals surface area contributed by atoms with Gasteiger partial charge in [-0.05, 0) is 19.2 Å². The average Bonchev–Trinajstić information content (AvgIpc) is 3.08. The van der Waals surface area contributed by atoms with Crippen LogP contribution >= 0.6 is 11.8 Å². The number of rotatable bonds is 3. The zero-order valence-corrected chi connectivity index (χ0v) is 10.9. The maximum Gasteiger partial charge on any atom is 0.232 e. The monoisotopic (exact) mass is 262 g/mol. The van der Waals surface area contributed by atoms with Gasteiger partial charge in [0.05, 0.1) is 5.92 Å². The molecule has 18 heavy (non-hydrogen) atoms. The summed E-state index contributed by atoms with van der Waals surface area (Å²) < 4.78 is 5.38. The highest BCUT2D eigenvalue weighted by molar-refractivity contribution is 7.99. The van der Waals surface area contributed by atoms with Gasteiger partial charge >= 0.3 is 0 Å². The molecule has 1 aliphatic heterocycles. The Kier molecular flexibility index (Phi) is 3.29. The highest BCUT2D eigenvalue weighted by Crippen LogP contribution is 2.32. The summed E-state index contributed by atoms with van der Waals surface area (Å²) in [6.45, 7) is 0. The molecule has 0 aromatic carbocycles. The number of pyridine rings is 1. The topological polar surface area (TPSA) is 63.8 Å². The quantitative estimate of drug-likeness (QED) is 0.905. The van der Waals surface area contributed by atoms with E-state index in [2.05, 4.69) is 20.4 Å². The maximum absolute atomic E-state index is 5.38. The molecule has 0 amide bonds. The van der Waals surface area contributed by atoms with Crippen LogP contribution in [0.1, 0.15) is 11.8 Å². The fourth-order valence-electron chi connectivity index (χ4n) is 2.07. The lowest BCUT2D eigenvalue weighted by atomic mass is 10.0. The van der Waals surface area contributed by atoms with E-state index >= 15 is 0 Å². The molecule has 1 saturated heterocycles. The largest absolute Gasteiger partial charge is 0.339 e. The van der Waals surface area contributed by atoms with Crippen LogP contribution in [0.25, 0.3) is 11.5 Å². The second-order valence-corrected chi connectivity index (χ2v) is 5.29. The van der Waals surface area contributed by atoms with Crippen LogP contribution in [0.5, 0.6) is 0 Å². The van der Waals surface area contributed by atoms with Gasteiger partial charge in [-0.15, -0.1) is 0 Å². The lowest BCUT2D eigenvalue weighted by molar-refractivity contribution is 0.344. The molecule has 2 atom stereocenters. The van der Waals surface area contributed by atoms with Crippen LogP contribution in [0.15, 0.2) is 28.9 Å². The van der Waals surface area contributed by atoms with Gasteiger partial charge in [0.15, 0.2) is 0 Å². The second-order valence-electron chi connectivity index (χ2n) is 4.21. The van der Waals surface area contributed by atoms with Gasteiger partial charge in [-0.3, -0.25) is 4.98 Å². The van der Waals surface area contributed by atoms with Crippen molar-refractivity contribution in [2.24, 2.45) is 0 Å². The molecule has 1 aliphatic rings. The number of aromatic nitrogens is 3. The van der Waals surface area contributed by atoms with Crippen molar-refractivity contribution in [2.75, 3.05) is 18.6 Å². The lowest BCUT2D eigenvalue weighted by Gasteiger charge is -2.13. The Labute approximate surface area is 109 Å². The number of thioether (sulfide) groups is 1. The van der Waals surface area contributed by atoms with Crippen LogP contribution in [-0.2, 0) is 0 Å². The third-order valence-corrected chi connectivity index (χ3v) is 4.29. The molecule has 0 saturated carbocycles. The predicted octanol–water partition coefficient (Wildman–Crippen LogP) is 1.55. The van der Waals surface area contributed by atoms with E-state index < -0.39 is 0 Å². The van der Waals surface area contributed by atoms with Crippen molar-refractivity contribution in [2.45, 2.75) is 12.0 Å². The van der Waals surface area contributed by atoms with Gasteiger partial charge in [0.25, 0.3) is 0 Å². The molecule has 5 nitrogen and oxygen atoms in total. The van der Waals surface area contributed by atoms with Crippen LogP contribution in [0.3, 0.4) is 0 Å². The summed E-state index contributed by atoms with van der Waals surface area (Å²) in [6, 6.07) is 6.08. The summed E-state index contributed by atoms with van der Waals surface area (Å²) in [4.78, 5) is 8.69. The molecule has 0 radical (unpaired) electrons. The van der Waals surface area contributed by atoms with E-state index in [0.29, 0.717) is 23.7 Å². The third-order valence-electron chi connectivity index (χ3n) is 3.10. The van der Waals surface area contributed by atoms with E-state index in [1.165, 1.54) is 0 Å². The number of nitrogens with one attached hydrogen (secondary N) is 1. The molecular weight excluding hydrogens is 248 g/mol. The van der Waals surface area contributed by atoms with Crippen molar-refractivity contribution in [1.82, 2.24) is 20.4 Å². The second kappa shape index (κ2) is 5.07. The Morgan fingerprint density at radius 1 is 1.39 bits per heavy atom. The Morgan fingerprint density at radius 3 is 3.11 bits per heavy atom. The highest BCUT2D eigenvalue weighted by atomic mass is 32.2. The molecule has 0 aliphatic carbocycles. The molecule has 1 N–H and O–H groups in total. The Morgan fingerprint density at radius 2 is 2.33 bits per heavy atom. The number of hydrogen-bond acceptors (Lipinski definition) is 6. The van der Waals surface area contributed by atoms with Gasteiger partial charge in [-0.1, -0.05) is 11.2 Å². The smallest absolute Gasteiger partial charge is 0.232 e. The summed E-state index contributed by atoms with van der Waals surface area (Å²) in [5, 5.41) is 7.31. The van der Waals surface area contributed by atoms with Gasteiger partial charge in [0.2, 0.25) is 11.7 Å².